The van der Waals surface area contributed by atoms with E-state index in [2.05, 4.69) is 0 Å². The summed E-state index contributed by atoms with van der Waals surface area (Å²) in [6, 6.07) is 5.20. The standard InChI is InChI=1S/C16H22N2O4/c1-3-17(16(21)18-6-8-22-9-7-18)11-13-4-5-14(15(19)20)12(2)10-13/h4-5,10H,3,6-9,11H2,1-2H3,(H,19,20). The van der Waals surface area contributed by atoms with Crippen LogP contribution >= 0.6 is 0 Å². The molecule has 0 spiro atoms. The number of benzene rings is 1. The Bertz CT molecular complexity index is 553. The number of aryl methyl sites for hydroxylation is 1. The van der Waals surface area contributed by atoms with E-state index in [9.17, 15) is 9.59 Å². The molecule has 120 valence electrons. The molecule has 1 saturated heterocycles. The summed E-state index contributed by atoms with van der Waals surface area (Å²) in [6.45, 7) is 7.19. The highest BCUT2D eigenvalue weighted by Crippen LogP contribution is 2.14. The van der Waals surface area contributed by atoms with Crippen molar-refractivity contribution in [3.05, 3.63) is 34.9 Å². The van der Waals surface area contributed by atoms with Crippen LogP contribution in [0.15, 0.2) is 18.2 Å². The van der Waals surface area contributed by atoms with Crippen molar-refractivity contribution in [3.63, 3.8) is 0 Å². The van der Waals surface area contributed by atoms with E-state index in [0.29, 0.717) is 50.5 Å². The summed E-state index contributed by atoms with van der Waals surface area (Å²) < 4.78 is 5.26. The van der Waals surface area contributed by atoms with Gasteiger partial charge in [-0.3, -0.25) is 0 Å². The fraction of sp³-hybridized carbons (Fsp3) is 0.500. The van der Waals surface area contributed by atoms with Gasteiger partial charge in [-0.15, -0.1) is 0 Å². The Hall–Kier alpha value is -2.08. The van der Waals surface area contributed by atoms with Crippen LogP contribution in [0.3, 0.4) is 0 Å². The first-order valence-electron chi connectivity index (χ1n) is 7.47. The van der Waals surface area contributed by atoms with Crippen molar-refractivity contribution in [3.8, 4) is 0 Å². The Morgan fingerprint density at radius 1 is 1.32 bits per heavy atom. The van der Waals surface area contributed by atoms with E-state index in [1.54, 1.807) is 28.9 Å². The van der Waals surface area contributed by atoms with Crippen LogP contribution in [0.4, 0.5) is 4.79 Å². The number of carboxylic acid groups (broad SMARTS) is 1. The molecule has 6 nitrogen and oxygen atoms in total. The Balaban J connectivity index is 2.07. The van der Waals surface area contributed by atoms with E-state index in [0.717, 1.165) is 5.56 Å². The monoisotopic (exact) mass is 306 g/mol. The fourth-order valence-corrected chi connectivity index (χ4v) is 2.55. The van der Waals surface area contributed by atoms with Gasteiger partial charge in [0.15, 0.2) is 0 Å². The lowest BCUT2D eigenvalue weighted by molar-refractivity contribution is 0.0430. The van der Waals surface area contributed by atoms with Gasteiger partial charge in [0.1, 0.15) is 0 Å². The van der Waals surface area contributed by atoms with Gasteiger partial charge >= 0.3 is 12.0 Å². The minimum atomic E-state index is -0.930. The number of hydrogen-bond donors (Lipinski definition) is 1. The molecule has 0 atom stereocenters. The van der Waals surface area contributed by atoms with Crippen molar-refractivity contribution in [2.75, 3.05) is 32.8 Å². The number of amides is 2. The highest BCUT2D eigenvalue weighted by molar-refractivity contribution is 5.89. The van der Waals surface area contributed by atoms with Gasteiger partial charge in [0.05, 0.1) is 18.8 Å². The Morgan fingerprint density at radius 2 is 2.00 bits per heavy atom. The Kier molecular flexibility index (Phi) is 5.38. The summed E-state index contributed by atoms with van der Waals surface area (Å²) in [7, 11) is 0. The van der Waals surface area contributed by atoms with Gasteiger partial charge in [-0.2, -0.15) is 0 Å². The first-order chi connectivity index (χ1) is 10.5. The first kappa shape index (κ1) is 16.3. The third-order valence-corrected chi connectivity index (χ3v) is 3.83. The first-order valence-corrected chi connectivity index (χ1v) is 7.47. The molecule has 1 heterocycles. The van der Waals surface area contributed by atoms with Crippen LogP contribution in [-0.2, 0) is 11.3 Å². The van der Waals surface area contributed by atoms with Gasteiger partial charge in [-0.05, 0) is 31.0 Å². The minimum Gasteiger partial charge on any atom is -0.478 e. The summed E-state index contributed by atoms with van der Waals surface area (Å²) in [5.74, 6) is -0.930. The van der Waals surface area contributed by atoms with Gasteiger partial charge in [-0.25, -0.2) is 9.59 Å². The molecule has 6 heteroatoms. The average molecular weight is 306 g/mol. The summed E-state index contributed by atoms with van der Waals surface area (Å²) in [6.07, 6.45) is 0. The third-order valence-electron chi connectivity index (χ3n) is 3.83. The lowest BCUT2D eigenvalue weighted by atomic mass is 10.0. The molecule has 0 radical (unpaired) electrons. The van der Waals surface area contributed by atoms with Crippen LogP contribution in [0, 0.1) is 6.92 Å². The zero-order valence-corrected chi connectivity index (χ0v) is 13.0. The van der Waals surface area contributed by atoms with E-state index in [1.807, 2.05) is 13.0 Å². The molecule has 1 aromatic rings. The molecule has 2 rings (SSSR count). The zero-order chi connectivity index (χ0) is 16.1. The average Bonchev–Trinajstić information content (AvgIpc) is 2.52. The molecular weight excluding hydrogens is 284 g/mol. The number of carboxylic acids is 1. The number of carbonyl (C=O) groups excluding carboxylic acids is 1. The number of urea groups is 1. The lowest BCUT2D eigenvalue weighted by Gasteiger charge is -2.32. The largest absolute Gasteiger partial charge is 0.478 e. The summed E-state index contributed by atoms with van der Waals surface area (Å²) in [4.78, 5) is 27.1. The number of carbonyl (C=O) groups is 2. The minimum absolute atomic E-state index is 0.00534. The van der Waals surface area contributed by atoms with Crippen molar-refractivity contribution < 1.29 is 19.4 Å². The maximum absolute atomic E-state index is 12.5. The van der Waals surface area contributed by atoms with Crippen molar-refractivity contribution in [2.45, 2.75) is 20.4 Å². The molecule has 1 aliphatic rings. The molecule has 1 aliphatic heterocycles. The third kappa shape index (κ3) is 3.76. The maximum Gasteiger partial charge on any atom is 0.335 e. The van der Waals surface area contributed by atoms with Crippen LogP contribution in [0.5, 0.6) is 0 Å². The van der Waals surface area contributed by atoms with Gasteiger partial charge < -0.3 is 19.6 Å². The molecule has 0 aromatic heterocycles. The lowest BCUT2D eigenvalue weighted by Crippen LogP contribution is -2.47. The molecule has 1 fully saturated rings. The SMILES string of the molecule is CCN(Cc1ccc(C(=O)O)c(C)c1)C(=O)N1CCOCC1. The van der Waals surface area contributed by atoms with Gasteiger partial charge in [0.25, 0.3) is 0 Å². The number of morpholine rings is 1. The molecule has 0 bridgehead atoms. The molecule has 0 unspecified atom stereocenters. The smallest absolute Gasteiger partial charge is 0.335 e. The van der Waals surface area contributed by atoms with Gasteiger partial charge in [0.2, 0.25) is 0 Å². The molecule has 0 saturated carbocycles. The quantitative estimate of drug-likeness (QED) is 0.923. The second-order valence-electron chi connectivity index (χ2n) is 5.35. The second kappa shape index (κ2) is 7.26. The van der Waals surface area contributed by atoms with E-state index in [1.165, 1.54) is 0 Å². The van der Waals surface area contributed by atoms with Crippen LogP contribution in [0.2, 0.25) is 0 Å². The van der Waals surface area contributed by atoms with Crippen molar-refractivity contribution in [2.24, 2.45) is 0 Å². The zero-order valence-electron chi connectivity index (χ0n) is 13.0. The fourth-order valence-electron chi connectivity index (χ4n) is 2.55. The summed E-state index contributed by atoms with van der Waals surface area (Å²) in [5.41, 5.74) is 1.94. The van der Waals surface area contributed by atoms with Crippen LogP contribution in [-0.4, -0.2) is 59.8 Å². The topological polar surface area (TPSA) is 70.1 Å². The highest BCUT2D eigenvalue weighted by atomic mass is 16.5. The molecule has 0 aliphatic carbocycles. The predicted molar refractivity (Wildman–Crippen MR) is 82.0 cm³/mol. The number of ether oxygens (including phenoxy) is 1. The van der Waals surface area contributed by atoms with Gasteiger partial charge in [-0.1, -0.05) is 12.1 Å². The van der Waals surface area contributed by atoms with E-state index in [4.69, 9.17) is 9.84 Å². The second-order valence-corrected chi connectivity index (χ2v) is 5.35. The summed E-state index contributed by atoms with van der Waals surface area (Å²) >= 11 is 0. The van der Waals surface area contributed by atoms with Crippen LogP contribution < -0.4 is 0 Å². The van der Waals surface area contributed by atoms with Crippen molar-refractivity contribution in [1.29, 1.82) is 0 Å². The summed E-state index contributed by atoms with van der Waals surface area (Å²) in [5, 5.41) is 9.06. The molecule has 22 heavy (non-hydrogen) atoms. The maximum atomic E-state index is 12.5. The van der Waals surface area contributed by atoms with Crippen molar-refractivity contribution in [1.82, 2.24) is 9.80 Å². The molecular formula is C16H22N2O4. The number of hydrogen-bond acceptors (Lipinski definition) is 3. The predicted octanol–water partition coefficient (Wildman–Crippen LogP) is 1.97. The number of nitrogens with zero attached hydrogens (tertiary/aromatic N) is 2. The van der Waals surface area contributed by atoms with Crippen molar-refractivity contribution >= 4 is 12.0 Å². The van der Waals surface area contributed by atoms with Crippen LogP contribution in [0.25, 0.3) is 0 Å². The molecule has 1 N–H and O–H groups in total. The normalized spacial score (nSPS) is 14.7. The molecule has 2 amide bonds. The Morgan fingerprint density at radius 3 is 2.55 bits per heavy atom. The van der Waals surface area contributed by atoms with Gasteiger partial charge in [0, 0.05) is 26.2 Å². The van der Waals surface area contributed by atoms with E-state index in [-0.39, 0.29) is 6.03 Å². The van der Waals surface area contributed by atoms with E-state index < -0.39 is 5.97 Å². The Labute approximate surface area is 130 Å². The number of aromatic carboxylic acids is 1. The number of rotatable bonds is 4. The molecule has 1 aromatic carbocycles. The van der Waals surface area contributed by atoms with Crippen LogP contribution in [0.1, 0.15) is 28.4 Å². The van der Waals surface area contributed by atoms with E-state index >= 15 is 0 Å². The highest BCUT2D eigenvalue weighted by Gasteiger charge is 2.22.